The summed E-state index contributed by atoms with van der Waals surface area (Å²) in [7, 11) is 0. The number of amides is 2. The number of fused-ring (bicyclic) bond motifs is 1. The van der Waals surface area contributed by atoms with E-state index in [0.717, 1.165) is 17.8 Å². The number of primary amides is 1. The number of carbonyl (C=O) groups is 3. The quantitative estimate of drug-likeness (QED) is 0.473. The van der Waals surface area contributed by atoms with Crippen LogP contribution >= 0.6 is 12.4 Å². The van der Waals surface area contributed by atoms with Crippen molar-refractivity contribution in [3.05, 3.63) is 77.2 Å². The first-order valence-corrected chi connectivity index (χ1v) is 9.45. The maximum atomic E-state index is 13.1. The highest BCUT2D eigenvalue weighted by molar-refractivity contribution is 6.35. The molecule has 3 aromatic rings. The van der Waals surface area contributed by atoms with Crippen LogP contribution in [0.5, 0.6) is 0 Å². The van der Waals surface area contributed by atoms with E-state index in [9.17, 15) is 14.4 Å². The zero-order valence-corrected chi connectivity index (χ0v) is 17.3. The van der Waals surface area contributed by atoms with Crippen LogP contribution in [0.3, 0.4) is 0 Å². The minimum atomic E-state index is -1.04. The van der Waals surface area contributed by atoms with Crippen LogP contribution in [0.2, 0.25) is 0 Å². The van der Waals surface area contributed by atoms with Crippen molar-refractivity contribution in [2.45, 2.75) is 25.6 Å². The molecular formula is C21H21ClN6O3. The van der Waals surface area contributed by atoms with Gasteiger partial charge in [-0.2, -0.15) is 5.10 Å². The van der Waals surface area contributed by atoms with Crippen LogP contribution < -0.4 is 16.4 Å². The van der Waals surface area contributed by atoms with Crippen LogP contribution in [0.1, 0.15) is 39.6 Å². The van der Waals surface area contributed by atoms with E-state index < -0.39 is 23.6 Å². The average Bonchev–Trinajstić information content (AvgIpc) is 3.36. The summed E-state index contributed by atoms with van der Waals surface area (Å²) in [5, 5.41) is 10.6. The Labute approximate surface area is 184 Å². The van der Waals surface area contributed by atoms with Crippen LogP contribution in [0.15, 0.2) is 54.9 Å². The SMILES string of the molecule is Cl.NC(=O)C(=O)CC(NC(=O)c1cccnc1-n1cc2c(n1)CNC2)c1ccccc1. The van der Waals surface area contributed by atoms with E-state index in [1.165, 1.54) is 0 Å². The zero-order chi connectivity index (χ0) is 21.1. The second kappa shape index (κ2) is 9.50. The van der Waals surface area contributed by atoms with Gasteiger partial charge in [0.1, 0.15) is 0 Å². The molecule has 0 bridgehead atoms. The third kappa shape index (κ3) is 4.79. The number of nitrogens with zero attached hydrogens (tertiary/aromatic N) is 3. The van der Waals surface area contributed by atoms with Gasteiger partial charge in [0.15, 0.2) is 5.82 Å². The maximum absolute atomic E-state index is 13.1. The number of rotatable bonds is 7. The van der Waals surface area contributed by atoms with E-state index in [0.29, 0.717) is 23.5 Å². The monoisotopic (exact) mass is 440 g/mol. The Balaban J connectivity index is 0.00000272. The molecule has 1 unspecified atom stereocenters. The third-order valence-electron chi connectivity index (χ3n) is 4.91. The van der Waals surface area contributed by atoms with Crippen molar-refractivity contribution < 1.29 is 14.4 Å². The van der Waals surface area contributed by atoms with E-state index in [-0.39, 0.29) is 18.8 Å². The van der Waals surface area contributed by atoms with Crippen molar-refractivity contribution in [1.82, 2.24) is 25.4 Å². The lowest BCUT2D eigenvalue weighted by molar-refractivity contribution is -0.136. The minimum Gasteiger partial charge on any atom is -0.363 e. The predicted molar refractivity (Wildman–Crippen MR) is 115 cm³/mol. The fourth-order valence-electron chi connectivity index (χ4n) is 3.38. The number of halogens is 1. The van der Waals surface area contributed by atoms with E-state index in [4.69, 9.17) is 5.73 Å². The molecule has 160 valence electrons. The number of ketones is 1. The second-order valence-electron chi connectivity index (χ2n) is 6.95. The van der Waals surface area contributed by atoms with Crippen molar-refractivity contribution >= 4 is 30.0 Å². The summed E-state index contributed by atoms with van der Waals surface area (Å²) in [6.45, 7) is 1.39. The number of nitrogens with two attached hydrogens (primary N) is 1. The molecule has 0 fully saturated rings. The summed E-state index contributed by atoms with van der Waals surface area (Å²) in [6.07, 6.45) is 3.20. The van der Waals surface area contributed by atoms with Crippen LogP contribution in [0.25, 0.3) is 5.82 Å². The largest absolute Gasteiger partial charge is 0.363 e. The van der Waals surface area contributed by atoms with Crippen LogP contribution in [-0.2, 0) is 22.7 Å². The molecule has 4 N–H and O–H groups in total. The van der Waals surface area contributed by atoms with Gasteiger partial charge in [0.2, 0.25) is 5.78 Å². The minimum absolute atomic E-state index is 0. The molecule has 0 radical (unpaired) electrons. The van der Waals surface area contributed by atoms with E-state index in [2.05, 4.69) is 20.7 Å². The number of nitrogens with one attached hydrogen (secondary N) is 2. The molecule has 0 aliphatic carbocycles. The summed E-state index contributed by atoms with van der Waals surface area (Å²) in [5.74, 6) is -1.84. The molecule has 10 heteroatoms. The second-order valence-corrected chi connectivity index (χ2v) is 6.95. The summed E-state index contributed by atoms with van der Waals surface area (Å²) in [4.78, 5) is 40.7. The normalized spacial score (nSPS) is 13.0. The Morgan fingerprint density at radius 2 is 1.90 bits per heavy atom. The fourth-order valence-corrected chi connectivity index (χ4v) is 3.38. The highest BCUT2D eigenvalue weighted by Gasteiger charge is 2.24. The van der Waals surface area contributed by atoms with Gasteiger partial charge in [0, 0.05) is 37.5 Å². The lowest BCUT2D eigenvalue weighted by Gasteiger charge is -2.19. The first-order chi connectivity index (χ1) is 14.5. The summed E-state index contributed by atoms with van der Waals surface area (Å²) < 4.78 is 1.59. The Morgan fingerprint density at radius 1 is 1.13 bits per heavy atom. The maximum Gasteiger partial charge on any atom is 0.284 e. The Hall–Kier alpha value is -3.56. The number of hydrogen-bond acceptors (Lipinski definition) is 6. The molecule has 2 amide bonds. The van der Waals surface area contributed by atoms with Crippen LogP contribution in [0.4, 0.5) is 0 Å². The molecule has 1 atom stereocenters. The first kappa shape index (κ1) is 22.1. The van der Waals surface area contributed by atoms with Gasteiger partial charge in [0.05, 0.1) is 17.3 Å². The number of hydrogen-bond donors (Lipinski definition) is 3. The van der Waals surface area contributed by atoms with Crippen molar-refractivity contribution in [2.75, 3.05) is 0 Å². The van der Waals surface area contributed by atoms with Crippen LogP contribution in [0, 0.1) is 0 Å². The molecule has 1 aliphatic rings. The molecule has 3 heterocycles. The predicted octanol–water partition coefficient (Wildman–Crippen LogP) is 1.21. The lowest BCUT2D eigenvalue weighted by Crippen LogP contribution is -2.34. The number of aromatic nitrogens is 3. The smallest absolute Gasteiger partial charge is 0.284 e. The molecule has 2 aromatic heterocycles. The van der Waals surface area contributed by atoms with Crippen molar-refractivity contribution in [1.29, 1.82) is 0 Å². The highest BCUT2D eigenvalue weighted by atomic mass is 35.5. The third-order valence-corrected chi connectivity index (χ3v) is 4.91. The summed E-state index contributed by atoms with van der Waals surface area (Å²) in [6, 6.07) is 11.5. The van der Waals surface area contributed by atoms with Gasteiger partial charge < -0.3 is 16.4 Å². The number of pyridine rings is 1. The zero-order valence-electron chi connectivity index (χ0n) is 16.4. The Kier molecular flexibility index (Phi) is 6.78. The molecule has 4 rings (SSSR count). The first-order valence-electron chi connectivity index (χ1n) is 9.45. The fraction of sp³-hybridized carbons (Fsp3) is 0.190. The van der Waals surface area contributed by atoms with E-state index in [1.54, 1.807) is 47.3 Å². The molecule has 0 saturated carbocycles. The van der Waals surface area contributed by atoms with Gasteiger partial charge in [-0.05, 0) is 17.7 Å². The van der Waals surface area contributed by atoms with Gasteiger partial charge in [-0.15, -0.1) is 12.4 Å². The Morgan fingerprint density at radius 3 is 2.61 bits per heavy atom. The summed E-state index contributed by atoms with van der Waals surface area (Å²) in [5.41, 5.74) is 8.08. The standard InChI is InChI=1S/C21H20N6O3.ClH/c22-19(29)18(28)9-16(13-5-2-1-3-6-13)25-21(30)15-7-4-8-24-20(15)27-12-14-10-23-11-17(14)26-27;/h1-8,12,16,23H,9-11H2,(H2,22,29)(H,25,30);1H. The van der Waals surface area contributed by atoms with E-state index >= 15 is 0 Å². The molecule has 1 aromatic carbocycles. The van der Waals surface area contributed by atoms with Gasteiger partial charge in [-0.3, -0.25) is 14.4 Å². The molecule has 1 aliphatic heterocycles. The molecule has 9 nitrogen and oxygen atoms in total. The molecular weight excluding hydrogens is 420 g/mol. The average molecular weight is 441 g/mol. The summed E-state index contributed by atoms with van der Waals surface area (Å²) >= 11 is 0. The highest BCUT2D eigenvalue weighted by Crippen LogP contribution is 2.21. The van der Waals surface area contributed by atoms with Crippen LogP contribution in [-0.4, -0.2) is 32.4 Å². The number of Topliss-reactive ketones (excluding diaryl/α,β-unsaturated/α-hetero) is 1. The van der Waals surface area contributed by atoms with Crippen molar-refractivity contribution in [3.63, 3.8) is 0 Å². The number of benzene rings is 1. The topological polar surface area (TPSA) is 132 Å². The molecule has 31 heavy (non-hydrogen) atoms. The van der Waals surface area contributed by atoms with E-state index in [1.807, 2.05) is 12.3 Å². The van der Waals surface area contributed by atoms with Gasteiger partial charge in [-0.25, -0.2) is 9.67 Å². The molecule has 0 saturated heterocycles. The molecule has 0 spiro atoms. The van der Waals surface area contributed by atoms with Crippen molar-refractivity contribution in [2.24, 2.45) is 5.73 Å². The van der Waals surface area contributed by atoms with Crippen molar-refractivity contribution in [3.8, 4) is 5.82 Å². The number of carbonyl (C=O) groups excluding carboxylic acids is 3. The van der Waals surface area contributed by atoms with Gasteiger partial charge in [0.25, 0.3) is 11.8 Å². The Bertz CT molecular complexity index is 1090. The van der Waals surface area contributed by atoms with Gasteiger partial charge in [-0.1, -0.05) is 30.3 Å². The lowest BCUT2D eigenvalue weighted by atomic mass is 10.0. The van der Waals surface area contributed by atoms with Gasteiger partial charge >= 0.3 is 0 Å².